The van der Waals surface area contributed by atoms with Gasteiger partial charge in [0.15, 0.2) is 0 Å². The topological polar surface area (TPSA) is 41.5 Å². The molecule has 3 heteroatoms. The molecule has 0 saturated heterocycles. The monoisotopic (exact) mass is 186 g/mol. The molecule has 1 aliphatic rings. The van der Waals surface area contributed by atoms with Gasteiger partial charge < -0.3 is 0 Å². The number of benzene rings is 1. The van der Waals surface area contributed by atoms with Crippen molar-refractivity contribution in [3.05, 3.63) is 41.5 Å². The Balaban J connectivity index is 2.36. The minimum Gasteiger partial charge on any atom is -0.267 e. The summed E-state index contributed by atoms with van der Waals surface area (Å²) in [5.41, 5.74) is 4.80. The fourth-order valence-corrected chi connectivity index (χ4v) is 1.31. The minimum atomic E-state index is -0.133. The molecule has 1 N–H and O–H groups in total. The zero-order valence-electron chi connectivity index (χ0n) is 7.82. The van der Waals surface area contributed by atoms with Crippen molar-refractivity contribution in [1.82, 2.24) is 5.43 Å². The van der Waals surface area contributed by atoms with E-state index in [0.29, 0.717) is 5.57 Å². The Bertz CT molecular complexity index is 418. The highest BCUT2D eigenvalue weighted by molar-refractivity contribution is 6.26. The van der Waals surface area contributed by atoms with Gasteiger partial charge in [-0.05, 0) is 18.6 Å². The van der Waals surface area contributed by atoms with Crippen molar-refractivity contribution in [2.75, 3.05) is 0 Å². The van der Waals surface area contributed by atoms with Crippen molar-refractivity contribution in [3.8, 4) is 0 Å². The summed E-state index contributed by atoms with van der Waals surface area (Å²) in [6.45, 7) is 1.81. The molecule has 0 bridgehead atoms. The zero-order chi connectivity index (χ0) is 9.97. The van der Waals surface area contributed by atoms with Gasteiger partial charge in [0.2, 0.25) is 0 Å². The molecule has 3 nitrogen and oxygen atoms in total. The highest BCUT2D eigenvalue weighted by Gasteiger charge is 2.17. The van der Waals surface area contributed by atoms with Gasteiger partial charge in [-0.3, -0.25) is 4.79 Å². The first-order valence-corrected chi connectivity index (χ1v) is 4.39. The molecular formula is C11H10N2O. The van der Waals surface area contributed by atoms with Crippen LogP contribution in [0.15, 0.2) is 41.0 Å². The Morgan fingerprint density at radius 2 is 2.00 bits per heavy atom. The molecular weight excluding hydrogens is 176 g/mol. The number of hydrogen-bond acceptors (Lipinski definition) is 2. The number of carbonyl (C=O) groups is 1. The maximum Gasteiger partial charge on any atom is 0.273 e. The van der Waals surface area contributed by atoms with Gasteiger partial charge in [0.05, 0.1) is 11.3 Å². The van der Waals surface area contributed by atoms with Crippen molar-refractivity contribution in [1.29, 1.82) is 0 Å². The molecule has 0 fully saturated rings. The van der Waals surface area contributed by atoms with E-state index >= 15 is 0 Å². The van der Waals surface area contributed by atoms with Crippen LogP contribution in [0.25, 0.3) is 6.08 Å². The third-order valence-electron chi connectivity index (χ3n) is 2.07. The van der Waals surface area contributed by atoms with E-state index in [0.717, 1.165) is 11.3 Å². The summed E-state index contributed by atoms with van der Waals surface area (Å²) in [7, 11) is 0. The summed E-state index contributed by atoms with van der Waals surface area (Å²) in [6, 6.07) is 9.72. The van der Waals surface area contributed by atoms with E-state index in [1.807, 2.05) is 43.3 Å². The second-order valence-electron chi connectivity index (χ2n) is 3.11. The Morgan fingerprint density at radius 3 is 2.57 bits per heavy atom. The number of nitrogens with zero attached hydrogens (tertiary/aromatic N) is 1. The second-order valence-corrected chi connectivity index (χ2v) is 3.11. The van der Waals surface area contributed by atoms with Crippen molar-refractivity contribution in [2.45, 2.75) is 6.92 Å². The third kappa shape index (κ3) is 1.57. The van der Waals surface area contributed by atoms with Gasteiger partial charge in [-0.1, -0.05) is 30.3 Å². The summed E-state index contributed by atoms with van der Waals surface area (Å²) in [4.78, 5) is 11.3. The van der Waals surface area contributed by atoms with Crippen molar-refractivity contribution in [3.63, 3.8) is 0 Å². The predicted molar refractivity (Wildman–Crippen MR) is 55.7 cm³/mol. The SMILES string of the molecule is CC1=NNC(=O)C1=Cc1ccccc1. The highest BCUT2D eigenvalue weighted by atomic mass is 16.2. The first-order valence-electron chi connectivity index (χ1n) is 4.39. The van der Waals surface area contributed by atoms with Crippen LogP contribution in [0.5, 0.6) is 0 Å². The van der Waals surface area contributed by atoms with E-state index in [-0.39, 0.29) is 5.91 Å². The third-order valence-corrected chi connectivity index (χ3v) is 2.07. The summed E-state index contributed by atoms with van der Waals surface area (Å²) >= 11 is 0. The first-order chi connectivity index (χ1) is 6.77. The van der Waals surface area contributed by atoms with E-state index in [2.05, 4.69) is 10.5 Å². The quantitative estimate of drug-likeness (QED) is 0.664. The summed E-state index contributed by atoms with van der Waals surface area (Å²) in [5.74, 6) is -0.133. The molecule has 0 saturated carbocycles. The van der Waals surface area contributed by atoms with Crippen LogP contribution in [0, 0.1) is 0 Å². The smallest absolute Gasteiger partial charge is 0.267 e. The fourth-order valence-electron chi connectivity index (χ4n) is 1.31. The van der Waals surface area contributed by atoms with E-state index in [4.69, 9.17) is 0 Å². The Morgan fingerprint density at radius 1 is 1.29 bits per heavy atom. The van der Waals surface area contributed by atoms with Crippen LogP contribution in [0.4, 0.5) is 0 Å². The molecule has 70 valence electrons. The largest absolute Gasteiger partial charge is 0.273 e. The normalized spacial score (nSPS) is 18.2. The number of nitrogens with one attached hydrogen (secondary N) is 1. The predicted octanol–water partition coefficient (Wildman–Crippen LogP) is 1.58. The number of hydrazone groups is 1. The van der Waals surface area contributed by atoms with Crippen LogP contribution in [0.2, 0.25) is 0 Å². The van der Waals surface area contributed by atoms with Crippen LogP contribution in [-0.4, -0.2) is 11.6 Å². The van der Waals surface area contributed by atoms with Crippen LogP contribution >= 0.6 is 0 Å². The molecule has 1 aromatic rings. The summed E-state index contributed by atoms with van der Waals surface area (Å²) in [6.07, 6.45) is 1.83. The molecule has 0 atom stereocenters. The minimum absolute atomic E-state index is 0.133. The molecule has 2 rings (SSSR count). The van der Waals surface area contributed by atoms with E-state index in [9.17, 15) is 4.79 Å². The molecule has 1 aromatic carbocycles. The van der Waals surface area contributed by atoms with Gasteiger partial charge in [0.25, 0.3) is 5.91 Å². The number of carbonyl (C=O) groups excluding carboxylic acids is 1. The van der Waals surface area contributed by atoms with Crippen LogP contribution in [-0.2, 0) is 4.79 Å². The van der Waals surface area contributed by atoms with Crippen molar-refractivity contribution < 1.29 is 4.79 Å². The van der Waals surface area contributed by atoms with E-state index in [1.54, 1.807) is 0 Å². The van der Waals surface area contributed by atoms with Crippen LogP contribution < -0.4 is 5.43 Å². The molecule has 1 amide bonds. The van der Waals surface area contributed by atoms with Gasteiger partial charge >= 0.3 is 0 Å². The molecule has 0 aromatic heterocycles. The lowest BCUT2D eigenvalue weighted by Gasteiger charge is -1.95. The standard InChI is InChI=1S/C11H10N2O/c1-8-10(11(14)13-12-8)7-9-5-3-2-4-6-9/h2-7H,1H3,(H,13,14). The van der Waals surface area contributed by atoms with Gasteiger partial charge in [-0.25, -0.2) is 5.43 Å². The zero-order valence-corrected chi connectivity index (χ0v) is 7.82. The summed E-state index contributed by atoms with van der Waals surface area (Å²) in [5, 5.41) is 3.84. The molecule has 0 unspecified atom stereocenters. The van der Waals surface area contributed by atoms with E-state index in [1.165, 1.54) is 0 Å². The Hall–Kier alpha value is -1.90. The molecule has 1 aliphatic heterocycles. The van der Waals surface area contributed by atoms with Gasteiger partial charge in [0.1, 0.15) is 0 Å². The molecule has 14 heavy (non-hydrogen) atoms. The maximum absolute atomic E-state index is 11.3. The lowest BCUT2D eigenvalue weighted by Crippen LogP contribution is -2.12. The highest BCUT2D eigenvalue weighted by Crippen LogP contribution is 2.11. The molecule has 1 heterocycles. The average Bonchev–Trinajstić information content (AvgIpc) is 2.51. The molecule has 0 spiro atoms. The number of amides is 1. The summed E-state index contributed by atoms with van der Waals surface area (Å²) < 4.78 is 0. The molecule has 0 aliphatic carbocycles. The maximum atomic E-state index is 11.3. The second kappa shape index (κ2) is 3.46. The Labute approximate surface area is 82.1 Å². The lowest BCUT2D eigenvalue weighted by atomic mass is 10.1. The van der Waals surface area contributed by atoms with Crippen molar-refractivity contribution >= 4 is 17.7 Å². The number of rotatable bonds is 1. The first kappa shape index (κ1) is 8.69. The van der Waals surface area contributed by atoms with Gasteiger partial charge in [-0.2, -0.15) is 5.10 Å². The van der Waals surface area contributed by atoms with Crippen LogP contribution in [0.1, 0.15) is 12.5 Å². The van der Waals surface area contributed by atoms with Crippen molar-refractivity contribution in [2.24, 2.45) is 5.10 Å². The van der Waals surface area contributed by atoms with E-state index < -0.39 is 0 Å². The van der Waals surface area contributed by atoms with Gasteiger partial charge in [0, 0.05) is 0 Å². The lowest BCUT2D eigenvalue weighted by molar-refractivity contribution is -0.116. The molecule has 0 radical (unpaired) electrons. The van der Waals surface area contributed by atoms with Crippen LogP contribution in [0.3, 0.4) is 0 Å². The average molecular weight is 186 g/mol. The Kier molecular flexibility index (Phi) is 2.14. The fraction of sp³-hybridized carbons (Fsp3) is 0.0909. The van der Waals surface area contributed by atoms with Gasteiger partial charge in [-0.15, -0.1) is 0 Å². The number of hydrogen-bond donors (Lipinski definition) is 1.